The summed E-state index contributed by atoms with van der Waals surface area (Å²) in [7, 11) is 0. The molecule has 10 heteroatoms. The molecule has 1 aliphatic rings. The van der Waals surface area contributed by atoms with Crippen molar-refractivity contribution in [2.45, 2.75) is 32.0 Å². The van der Waals surface area contributed by atoms with Crippen molar-refractivity contribution < 1.29 is 22.4 Å². The molecule has 0 saturated heterocycles. The Morgan fingerprint density at radius 1 is 1.43 bits per heavy atom. The van der Waals surface area contributed by atoms with Crippen LogP contribution in [-0.4, -0.2) is 32.5 Å². The molecule has 0 radical (unpaired) electrons. The van der Waals surface area contributed by atoms with Gasteiger partial charge in [0.05, 0.1) is 6.57 Å². The number of nitrogens with zero attached hydrogens (tertiary/aromatic N) is 4. The van der Waals surface area contributed by atoms with E-state index < -0.39 is 24.0 Å². The first-order valence-corrected chi connectivity index (χ1v) is 8.48. The number of amides is 1. The molecule has 1 N–H and O–H groups in total. The van der Waals surface area contributed by atoms with Crippen LogP contribution in [0, 0.1) is 19.4 Å². The van der Waals surface area contributed by atoms with Crippen LogP contribution in [0.2, 0.25) is 0 Å². The van der Waals surface area contributed by atoms with Gasteiger partial charge in [0.1, 0.15) is 23.8 Å². The number of imidazole rings is 1. The van der Waals surface area contributed by atoms with E-state index in [2.05, 4.69) is 20.1 Å². The van der Waals surface area contributed by atoms with Crippen molar-refractivity contribution in [1.29, 1.82) is 0 Å². The maximum absolute atomic E-state index is 13.2. The monoisotopic (exact) mass is 389 g/mol. The van der Waals surface area contributed by atoms with E-state index in [9.17, 15) is 18.0 Å². The predicted octanol–water partition coefficient (Wildman–Crippen LogP) is 3.92. The number of carbonyl (C=O) groups is 1. The summed E-state index contributed by atoms with van der Waals surface area (Å²) in [6.45, 7) is 8.70. The minimum atomic E-state index is -4.52. The van der Waals surface area contributed by atoms with Crippen molar-refractivity contribution in [3.8, 4) is 11.5 Å². The number of nitrogens with one attached hydrogen (secondary N) is 1. The molecule has 0 bridgehead atoms. The molecule has 7 nitrogen and oxygen atoms in total. The van der Waals surface area contributed by atoms with Crippen LogP contribution in [0.4, 0.5) is 19.1 Å². The smallest absolute Gasteiger partial charge is 0.408 e. The zero-order chi connectivity index (χ0) is 20.1. The number of aryl methyl sites for hydroxylation is 1. The summed E-state index contributed by atoms with van der Waals surface area (Å²) < 4.78 is 46.5. The van der Waals surface area contributed by atoms with Crippen LogP contribution in [0.3, 0.4) is 0 Å². The molecule has 28 heavy (non-hydrogen) atoms. The number of halogens is 3. The van der Waals surface area contributed by atoms with Crippen molar-refractivity contribution >= 4 is 17.4 Å². The SMILES string of the molecule is [C-]#[N+]c1ccc(-c2cc(C)n3cnc(C(=O)N[C@H](C4CC4)C(F)(F)F)c3n2)o1. The van der Waals surface area contributed by atoms with Crippen LogP contribution in [0.1, 0.15) is 29.0 Å². The minimum Gasteiger partial charge on any atom is -0.478 e. The lowest BCUT2D eigenvalue weighted by atomic mass is 10.1. The van der Waals surface area contributed by atoms with Gasteiger partial charge in [0, 0.05) is 5.69 Å². The highest BCUT2D eigenvalue weighted by Crippen LogP contribution is 2.40. The molecule has 3 heterocycles. The molecule has 4 rings (SSSR count). The molecule has 3 aromatic rings. The maximum Gasteiger partial charge on any atom is 0.408 e. The highest BCUT2D eigenvalue weighted by atomic mass is 19.4. The van der Waals surface area contributed by atoms with Gasteiger partial charge in [-0.3, -0.25) is 9.20 Å². The standard InChI is InChI=1S/C18H14F3N5O2/c1-9-7-11(12-5-6-13(22-2)28-12)24-16-14(23-8-26(9)16)17(27)25-15(10-3-4-10)18(19,20)21/h5-8,10,15H,3-4H2,1H3,(H,25,27)/t15-/m1/s1. The fourth-order valence-electron chi connectivity index (χ4n) is 3.04. The van der Waals surface area contributed by atoms with Gasteiger partial charge in [-0.1, -0.05) is 0 Å². The van der Waals surface area contributed by atoms with Gasteiger partial charge in [-0.15, -0.1) is 0 Å². The summed E-state index contributed by atoms with van der Waals surface area (Å²) >= 11 is 0. The Kier molecular flexibility index (Phi) is 4.10. The van der Waals surface area contributed by atoms with Gasteiger partial charge in [-0.25, -0.2) is 9.97 Å². The van der Waals surface area contributed by atoms with Crippen LogP contribution < -0.4 is 5.32 Å². The summed E-state index contributed by atoms with van der Waals surface area (Å²) in [5.41, 5.74) is 0.924. The molecule has 1 amide bonds. The number of furan rings is 1. The third-order valence-electron chi connectivity index (χ3n) is 4.60. The Hall–Kier alpha value is -3.35. The van der Waals surface area contributed by atoms with Gasteiger partial charge in [-0.05, 0) is 43.9 Å². The van der Waals surface area contributed by atoms with E-state index in [1.807, 2.05) is 0 Å². The Morgan fingerprint density at radius 3 is 2.79 bits per heavy atom. The van der Waals surface area contributed by atoms with Gasteiger partial charge >= 0.3 is 12.1 Å². The molecule has 0 aliphatic heterocycles. The second-order valence-corrected chi connectivity index (χ2v) is 6.65. The van der Waals surface area contributed by atoms with Gasteiger partial charge in [0.2, 0.25) is 0 Å². The third-order valence-corrected chi connectivity index (χ3v) is 4.60. The van der Waals surface area contributed by atoms with Crippen LogP contribution in [-0.2, 0) is 0 Å². The van der Waals surface area contributed by atoms with Crippen LogP contribution in [0.5, 0.6) is 0 Å². The first kappa shape index (κ1) is 18.0. The van der Waals surface area contributed by atoms with Crippen molar-refractivity contribution in [2.75, 3.05) is 0 Å². The Bertz CT molecular complexity index is 1100. The van der Waals surface area contributed by atoms with Crippen LogP contribution >= 0.6 is 0 Å². The summed E-state index contributed by atoms with van der Waals surface area (Å²) in [5, 5.41) is 2.06. The van der Waals surface area contributed by atoms with E-state index in [4.69, 9.17) is 11.0 Å². The molecule has 1 saturated carbocycles. The van der Waals surface area contributed by atoms with Gasteiger partial charge in [-0.2, -0.15) is 18.0 Å². The molecule has 1 atom stereocenters. The van der Waals surface area contributed by atoms with E-state index in [1.54, 1.807) is 19.1 Å². The quantitative estimate of drug-likeness (QED) is 0.686. The third kappa shape index (κ3) is 3.19. The number of fused-ring (bicyclic) bond motifs is 1. The normalized spacial score (nSPS) is 15.4. The number of alkyl halides is 3. The second-order valence-electron chi connectivity index (χ2n) is 6.65. The van der Waals surface area contributed by atoms with Crippen molar-refractivity contribution in [3.63, 3.8) is 0 Å². The minimum absolute atomic E-state index is 0.0817. The van der Waals surface area contributed by atoms with Crippen molar-refractivity contribution in [3.05, 3.63) is 47.3 Å². The average molecular weight is 389 g/mol. The first-order chi connectivity index (χ1) is 13.3. The number of rotatable bonds is 4. The highest BCUT2D eigenvalue weighted by Gasteiger charge is 2.50. The van der Waals surface area contributed by atoms with Crippen molar-refractivity contribution in [2.24, 2.45) is 5.92 Å². The molecule has 144 valence electrons. The largest absolute Gasteiger partial charge is 0.478 e. The molecule has 0 spiro atoms. The lowest BCUT2D eigenvalue weighted by Crippen LogP contribution is -2.47. The van der Waals surface area contributed by atoms with Crippen LogP contribution in [0.25, 0.3) is 21.9 Å². The highest BCUT2D eigenvalue weighted by molar-refractivity contribution is 5.98. The predicted molar refractivity (Wildman–Crippen MR) is 91.7 cm³/mol. The number of aromatic nitrogens is 3. The van der Waals surface area contributed by atoms with Gasteiger partial charge in [0.25, 0.3) is 5.91 Å². The number of hydrogen-bond donors (Lipinski definition) is 1. The molecule has 1 fully saturated rings. The molecule has 3 aromatic heterocycles. The molecule has 1 aliphatic carbocycles. The molecule has 0 aromatic carbocycles. The van der Waals surface area contributed by atoms with Crippen LogP contribution in [0.15, 0.2) is 28.9 Å². The maximum atomic E-state index is 13.2. The van der Waals surface area contributed by atoms with Gasteiger partial charge < -0.3 is 9.73 Å². The molecular formula is C18H14F3N5O2. The summed E-state index contributed by atoms with van der Waals surface area (Å²) in [6.07, 6.45) is -2.33. The molecule has 0 unspecified atom stereocenters. The summed E-state index contributed by atoms with van der Waals surface area (Å²) in [5.74, 6) is -1.13. The average Bonchev–Trinajstić information content (AvgIpc) is 3.18. The second kappa shape index (κ2) is 6.37. The fourth-order valence-corrected chi connectivity index (χ4v) is 3.04. The number of carbonyl (C=O) groups excluding carboxylic acids is 1. The topological polar surface area (TPSA) is 76.8 Å². The van der Waals surface area contributed by atoms with Crippen molar-refractivity contribution in [1.82, 2.24) is 19.7 Å². The number of hydrogen-bond acceptors (Lipinski definition) is 4. The van der Waals surface area contributed by atoms with E-state index in [-0.39, 0.29) is 17.2 Å². The lowest BCUT2D eigenvalue weighted by molar-refractivity contribution is -0.158. The first-order valence-electron chi connectivity index (χ1n) is 8.48. The van der Waals surface area contributed by atoms with E-state index in [0.29, 0.717) is 30.0 Å². The summed E-state index contributed by atoms with van der Waals surface area (Å²) in [4.78, 5) is 24.0. The van der Waals surface area contributed by atoms with Gasteiger partial charge in [0.15, 0.2) is 11.3 Å². The zero-order valence-electron chi connectivity index (χ0n) is 14.6. The Labute approximate surface area is 157 Å². The van der Waals surface area contributed by atoms with E-state index in [0.717, 1.165) is 0 Å². The zero-order valence-corrected chi connectivity index (χ0v) is 14.6. The Balaban J connectivity index is 1.71. The van der Waals surface area contributed by atoms with E-state index in [1.165, 1.54) is 16.8 Å². The summed E-state index contributed by atoms with van der Waals surface area (Å²) in [6, 6.07) is 2.82. The Morgan fingerprint density at radius 2 is 2.18 bits per heavy atom. The fraction of sp³-hybridized carbons (Fsp3) is 0.333. The van der Waals surface area contributed by atoms with E-state index >= 15 is 0 Å². The molecular weight excluding hydrogens is 375 g/mol. The lowest BCUT2D eigenvalue weighted by Gasteiger charge is -2.20.